The van der Waals surface area contributed by atoms with Gasteiger partial charge in [0, 0.05) is 13.1 Å². The Bertz CT molecular complexity index is 679. The van der Waals surface area contributed by atoms with Crippen molar-refractivity contribution in [3.05, 3.63) is 77.9 Å². The van der Waals surface area contributed by atoms with Crippen molar-refractivity contribution in [1.29, 1.82) is 5.26 Å². The summed E-state index contributed by atoms with van der Waals surface area (Å²) in [6.45, 7) is 1.95. The van der Waals surface area contributed by atoms with Gasteiger partial charge in [0.15, 0.2) is 5.54 Å². The van der Waals surface area contributed by atoms with Crippen molar-refractivity contribution in [3.8, 4) is 6.07 Å². The first-order valence-electron chi connectivity index (χ1n) is 8.31. The van der Waals surface area contributed by atoms with Crippen LogP contribution in [0.1, 0.15) is 30.4 Å². The summed E-state index contributed by atoms with van der Waals surface area (Å²) in [4.78, 5) is 2.32. The highest BCUT2D eigenvalue weighted by Crippen LogP contribution is 2.33. The fourth-order valence-electron chi connectivity index (χ4n) is 3.28. The van der Waals surface area contributed by atoms with Crippen LogP contribution < -0.4 is 0 Å². The smallest absolute Gasteiger partial charge is 0.153 e. The number of hydrogen-bond donors (Lipinski definition) is 0. The Labute approximate surface area is 138 Å². The predicted molar refractivity (Wildman–Crippen MR) is 94.6 cm³/mol. The van der Waals surface area contributed by atoms with Crippen LogP contribution in [0.15, 0.2) is 66.7 Å². The van der Waals surface area contributed by atoms with E-state index in [9.17, 15) is 5.26 Å². The van der Waals surface area contributed by atoms with Crippen LogP contribution in [-0.4, -0.2) is 18.0 Å². The molecule has 2 aromatic rings. The Kier molecular flexibility index (Phi) is 4.90. The summed E-state index contributed by atoms with van der Waals surface area (Å²) in [5.74, 6) is 0. The molecule has 0 amide bonds. The van der Waals surface area contributed by atoms with E-state index in [0.29, 0.717) is 0 Å². The van der Waals surface area contributed by atoms with Crippen molar-refractivity contribution >= 4 is 6.08 Å². The van der Waals surface area contributed by atoms with Crippen LogP contribution in [0.25, 0.3) is 6.08 Å². The van der Waals surface area contributed by atoms with Gasteiger partial charge < -0.3 is 0 Å². The van der Waals surface area contributed by atoms with Crippen LogP contribution in [0.4, 0.5) is 0 Å². The first kappa shape index (κ1) is 15.5. The van der Waals surface area contributed by atoms with Crippen molar-refractivity contribution in [2.75, 3.05) is 13.1 Å². The third-order valence-corrected chi connectivity index (χ3v) is 4.56. The van der Waals surface area contributed by atoms with Gasteiger partial charge in [0.1, 0.15) is 0 Å². The quantitative estimate of drug-likeness (QED) is 0.825. The van der Waals surface area contributed by atoms with Gasteiger partial charge in [0.25, 0.3) is 0 Å². The zero-order chi connectivity index (χ0) is 16.0. The lowest BCUT2D eigenvalue weighted by molar-refractivity contribution is 0.145. The van der Waals surface area contributed by atoms with E-state index in [1.165, 1.54) is 6.42 Å². The van der Waals surface area contributed by atoms with Gasteiger partial charge in [-0.25, -0.2) is 0 Å². The minimum absolute atomic E-state index is 0.683. The number of benzene rings is 2. The highest BCUT2D eigenvalue weighted by atomic mass is 15.2. The van der Waals surface area contributed by atoms with E-state index in [0.717, 1.165) is 37.1 Å². The molecule has 3 rings (SSSR count). The first-order valence-corrected chi connectivity index (χ1v) is 8.31. The summed E-state index contributed by atoms with van der Waals surface area (Å²) in [5, 5.41) is 10.1. The highest BCUT2D eigenvalue weighted by Gasteiger charge is 2.36. The number of likely N-dealkylation sites (tertiary alicyclic amines) is 1. The largest absolute Gasteiger partial charge is 0.279 e. The summed E-state index contributed by atoms with van der Waals surface area (Å²) in [5.41, 5.74) is 1.49. The number of piperidine rings is 1. The van der Waals surface area contributed by atoms with Gasteiger partial charge in [0.2, 0.25) is 0 Å². The first-order chi connectivity index (χ1) is 11.3. The molecule has 1 heterocycles. The fourth-order valence-corrected chi connectivity index (χ4v) is 3.28. The van der Waals surface area contributed by atoms with Crippen molar-refractivity contribution < 1.29 is 0 Å². The Morgan fingerprint density at radius 1 is 0.870 bits per heavy atom. The zero-order valence-electron chi connectivity index (χ0n) is 13.4. The topological polar surface area (TPSA) is 27.0 Å². The average Bonchev–Trinajstić information content (AvgIpc) is 2.65. The molecule has 23 heavy (non-hydrogen) atoms. The van der Waals surface area contributed by atoms with Gasteiger partial charge in [-0.3, -0.25) is 4.90 Å². The average molecular weight is 302 g/mol. The molecule has 1 aliphatic rings. The molecule has 1 atom stereocenters. The maximum absolute atomic E-state index is 10.1. The second-order valence-corrected chi connectivity index (χ2v) is 6.04. The molecule has 2 nitrogen and oxygen atoms in total. The van der Waals surface area contributed by atoms with E-state index in [4.69, 9.17) is 0 Å². The lowest BCUT2D eigenvalue weighted by atomic mass is 9.86. The van der Waals surface area contributed by atoms with Crippen molar-refractivity contribution in [1.82, 2.24) is 4.90 Å². The molecule has 2 aromatic carbocycles. The second kappa shape index (κ2) is 7.26. The molecule has 0 radical (unpaired) electrons. The molecule has 0 aromatic heterocycles. The summed E-state index contributed by atoms with van der Waals surface area (Å²) < 4.78 is 0. The maximum Gasteiger partial charge on any atom is 0.153 e. The molecule has 1 saturated heterocycles. The SMILES string of the molecule is N#CC(/C=C/c1ccccc1)(c1ccccc1)N1CCCCC1. The molecule has 1 unspecified atom stereocenters. The number of nitrogens with zero attached hydrogens (tertiary/aromatic N) is 2. The second-order valence-electron chi connectivity index (χ2n) is 6.04. The monoisotopic (exact) mass is 302 g/mol. The van der Waals surface area contributed by atoms with Crippen LogP contribution in [0.5, 0.6) is 0 Å². The molecular formula is C21H22N2. The molecule has 0 N–H and O–H groups in total. The molecule has 0 spiro atoms. The number of nitriles is 1. The van der Waals surface area contributed by atoms with Crippen LogP contribution >= 0.6 is 0 Å². The molecule has 0 saturated carbocycles. The molecular weight excluding hydrogens is 280 g/mol. The van der Waals surface area contributed by atoms with Gasteiger partial charge in [0.05, 0.1) is 6.07 Å². The minimum Gasteiger partial charge on any atom is -0.279 e. The molecule has 0 aliphatic carbocycles. The van der Waals surface area contributed by atoms with E-state index in [1.807, 2.05) is 36.4 Å². The molecule has 0 bridgehead atoms. The molecule has 2 heteroatoms. The summed E-state index contributed by atoms with van der Waals surface area (Å²) >= 11 is 0. The Balaban J connectivity index is 2.02. The normalized spacial score (nSPS) is 18.4. The van der Waals surface area contributed by atoms with Gasteiger partial charge >= 0.3 is 0 Å². The van der Waals surface area contributed by atoms with E-state index < -0.39 is 5.54 Å². The Morgan fingerprint density at radius 3 is 2.09 bits per heavy atom. The third-order valence-electron chi connectivity index (χ3n) is 4.56. The summed E-state index contributed by atoms with van der Waals surface area (Å²) in [7, 11) is 0. The van der Waals surface area contributed by atoms with Crippen LogP contribution in [0.2, 0.25) is 0 Å². The minimum atomic E-state index is -0.683. The fraction of sp³-hybridized carbons (Fsp3) is 0.286. The standard InChI is InChI=1S/C21H22N2/c22-18-21(20-12-6-2-7-13-20,23-16-8-3-9-17-23)15-14-19-10-4-1-5-11-19/h1-2,4-7,10-15H,3,8-9,16-17H2/b15-14+. The molecule has 1 aliphatic heterocycles. The molecule has 1 fully saturated rings. The van der Waals surface area contributed by atoms with Crippen molar-refractivity contribution in [2.24, 2.45) is 0 Å². The van der Waals surface area contributed by atoms with Crippen LogP contribution in [0, 0.1) is 11.3 Å². The van der Waals surface area contributed by atoms with Gasteiger partial charge in [-0.05, 0) is 30.0 Å². The maximum atomic E-state index is 10.1. The zero-order valence-corrected chi connectivity index (χ0v) is 13.4. The number of rotatable bonds is 4. The summed E-state index contributed by atoms with van der Waals surface area (Å²) in [6.07, 6.45) is 7.73. The van der Waals surface area contributed by atoms with Crippen molar-refractivity contribution in [2.45, 2.75) is 24.8 Å². The van der Waals surface area contributed by atoms with Crippen LogP contribution in [0.3, 0.4) is 0 Å². The van der Waals surface area contributed by atoms with E-state index >= 15 is 0 Å². The predicted octanol–water partition coefficient (Wildman–Crippen LogP) is 4.60. The summed E-state index contributed by atoms with van der Waals surface area (Å²) in [6, 6.07) is 23.0. The lowest BCUT2D eigenvalue weighted by Gasteiger charge is -2.39. The number of hydrogen-bond acceptors (Lipinski definition) is 2. The third kappa shape index (κ3) is 3.36. The van der Waals surface area contributed by atoms with Gasteiger partial charge in [-0.1, -0.05) is 73.2 Å². The van der Waals surface area contributed by atoms with E-state index in [1.54, 1.807) is 0 Å². The Hall–Kier alpha value is -2.37. The van der Waals surface area contributed by atoms with E-state index in [-0.39, 0.29) is 0 Å². The van der Waals surface area contributed by atoms with Gasteiger partial charge in [-0.15, -0.1) is 0 Å². The Morgan fingerprint density at radius 2 is 1.48 bits per heavy atom. The van der Waals surface area contributed by atoms with Crippen LogP contribution in [-0.2, 0) is 5.54 Å². The lowest BCUT2D eigenvalue weighted by Crippen LogP contribution is -2.46. The molecule has 116 valence electrons. The van der Waals surface area contributed by atoms with Crippen molar-refractivity contribution in [3.63, 3.8) is 0 Å². The highest BCUT2D eigenvalue weighted by molar-refractivity contribution is 5.54. The van der Waals surface area contributed by atoms with E-state index in [2.05, 4.69) is 47.4 Å². The van der Waals surface area contributed by atoms with Gasteiger partial charge in [-0.2, -0.15) is 5.26 Å².